The molecule has 0 aromatic carbocycles. The number of nitrogens with zero attached hydrogens (tertiary/aromatic N) is 1. The molecule has 0 bridgehead atoms. The summed E-state index contributed by atoms with van der Waals surface area (Å²) in [6.45, 7) is 5.33. The van der Waals surface area contributed by atoms with Crippen molar-refractivity contribution in [3.8, 4) is 0 Å². The summed E-state index contributed by atoms with van der Waals surface area (Å²) in [5.41, 5.74) is 10.2. The Hall–Kier alpha value is -0.810. The van der Waals surface area contributed by atoms with Gasteiger partial charge in [-0.25, -0.2) is 0 Å². The molecule has 1 unspecified atom stereocenters. The Balaban J connectivity index is 3.25. The van der Waals surface area contributed by atoms with Crippen LogP contribution in [0.25, 0.3) is 0 Å². The van der Waals surface area contributed by atoms with Crippen molar-refractivity contribution in [2.24, 2.45) is 16.5 Å². The van der Waals surface area contributed by atoms with Gasteiger partial charge in [0, 0.05) is 6.61 Å². The Morgan fingerprint density at radius 1 is 1.42 bits per heavy atom. The molecule has 5 nitrogen and oxygen atoms in total. The first-order valence-corrected chi connectivity index (χ1v) is 3.95. The van der Waals surface area contributed by atoms with Gasteiger partial charge in [0.1, 0.15) is 0 Å². The normalized spacial score (nSPS) is 12.5. The van der Waals surface area contributed by atoms with Crippen LogP contribution >= 0.6 is 0 Å². The Labute approximate surface area is 72.7 Å². The highest BCUT2D eigenvalue weighted by atomic mass is 16.7. The first-order valence-electron chi connectivity index (χ1n) is 3.95. The van der Waals surface area contributed by atoms with E-state index in [0.717, 1.165) is 0 Å². The van der Waals surface area contributed by atoms with E-state index in [1.54, 1.807) is 0 Å². The smallest absolute Gasteiger partial charge is 0.185 e. The fourth-order valence-electron chi connectivity index (χ4n) is 0.676. The fraction of sp³-hybridized carbons (Fsp3) is 0.857. The van der Waals surface area contributed by atoms with Crippen molar-refractivity contribution in [2.45, 2.75) is 20.1 Å². The molecular weight excluding hydrogens is 158 g/mol. The predicted octanol–water partition coefficient (Wildman–Crippen LogP) is -0.341. The zero-order valence-electron chi connectivity index (χ0n) is 7.62. The van der Waals surface area contributed by atoms with Gasteiger partial charge in [0.15, 0.2) is 12.2 Å². The Kier molecular flexibility index (Phi) is 6.41. The first kappa shape index (κ1) is 11.2. The monoisotopic (exact) mass is 175 g/mol. The zero-order chi connectivity index (χ0) is 9.40. The topological polar surface area (TPSA) is 82.9 Å². The highest BCUT2D eigenvalue weighted by molar-refractivity contribution is 5.75. The van der Waals surface area contributed by atoms with E-state index in [-0.39, 0.29) is 12.2 Å². The lowest BCUT2D eigenvalue weighted by atomic mass is 10.6. The number of ether oxygens (including phenoxy) is 2. The van der Waals surface area contributed by atoms with Crippen LogP contribution in [0.4, 0.5) is 0 Å². The van der Waals surface area contributed by atoms with Crippen LogP contribution in [-0.4, -0.2) is 32.0 Å². The minimum atomic E-state index is -0.191. The van der Waals surface area contributed by atoms with Gasteiger partial charge in [0.05, 0.1) is 13.2 Å². The summed E-state index contributed by atoms with van der Waals surface area (Å²) in [5, 5.41) is 0. The van der Waals surface area contributed by atoms with E-state index in [1.807, 2.05) is 13.8 Å². The molecule has 0 aliphatic heterocycles. The summed E-state index contributed by atoms with van der Waals surface area (Å²) in [5.74, 6) is 0.0858. The highest BCUT2D eigenvalue weighted by Gasteiger charge is 1.98. The van der Waals surface area contributed by atoms with Crippen LogP contribution in [0, 0.1) is 0 Å². The molecule has 0 amide bonds. The molecule has 0 saturated carbocycles. The van der Waals surface area contributed by atoms with Crippen molar-refractivity contribution in [3.63, 3.8) is 0 Å². The van der Waals surface area contributed by atoms with E-state index in [9.17, 15) is 0 Å². The lowest BCUT2D eigenvalue weighted by molar-refractivity contribution is -0.124. The molecule has 1 atom stereocenters. The summed E-state index contributed by atoms with van der Waals surface area (Å²) in [6.07, 6.45) is -0.191. The standard InChI is InChI=1S/C7H17N3O2/c1-3-11-6(2)12-5-4-10-7(8)9/h6H,3-5H2,1-2H3,(H4,8,9,10). The molecule has 4 N–H and O–H groups in total. The number of hydrogen-bond donors (Lipinski definition) is 2. The Bertz CT molecular complexity index is 135. The van der Waals surface area contributed by atoms with Crippen LogP contribution in [0.2, 0.25) is 0 Å². The van der Waals surface area contributed by atoms with Gasteiger partial charge >= 0.3 is 0 Å². The fourth-order valence-corrected chi connectivity index (χ4v) is 0.676. The van der Waals surface area contributed by atoms with E-state index in [1.165, 1.54) is 0 Å². The van der Waals surface area contributed by atoms with Crippen LogP contribution < -0.4 is 11.5 Å². The lowest BCUT2D eigenvalue weighted by Crippen LogP contribution is -2.24. The molecule has 12 heavy (non-hydrogen) atoms. The molecule has 0 saturated heterocycles. The maximum atomic E-state index is 5.19. The van der Waals surface area contributed by atoms with Gasteiger partial charge < -0.3 is 20.9 Å². The molecule has 0 spiro atoms. The minimum Gasteiger partial charge on any atom is -0.370 e. The van der Waals surface area contributed by atoms with Gasteiger partial charge in [-0.15, -0.1) is 0 Å². The van der Waals surface area contributed by atoms with Crippen molar-refractivity contribution in [3.05, 3.63) is 0 Å². The summed E-state index contributed by atoms with van der Waals surface area (Å²) >= 11 is 0. The molecule has 0 radical (unpaired) electrons. The van der Waals surface area contributed by atoms with Crippen molar-refractivity contribution in [1.29, 1.82) is 0 Å². The third kappa shape index (κ3) is 7.30. The summed E-state index contributed by atoms with van der Waals surface area (Å²) in [4.78, 5) is 3.75. The van der Waals surface area contributed by atoms with Gasteiger partial charge in [-0.3, -0.25) is 4.99 Å². The second-order valence-electron chi connectivity index (χ2n) is 2.20. The van der Waals surface area contributed by atoms with Crippen LogP contribution in [0.3, 0.4) is 0 Å². The molecule has 0 rings (SSSR count). The average molecular weight is 175 g/mol. The van der Waals surface area contributed by atoms with E-state index < -0.39 is 0 Å². The second kappa shape index (κ2) is 6.87. The average Bonchev–Trinajstić information content (AvgIpc) is 1.98. The van der Waals surface area contributed by atoms with Crippen molar-refractivity contribution in [2.75, 3.05) is 19.8 Å². The second-order valence-corrected chi connectivity index (χ2v) is 2.20. The van der Waals surface area contributed by atoms with Gasteiger partial charge in [-0.05, 0) is 13.8 Å². The summed E-state index contributed by atoms with van der Waals surface area (Å²) < 4.78 is 10.3. The zero-order valence-corrected chi connectivity index (χ0v) is 7.62. The Morgan fingerprint density at radius 3 is 2.58 bits per heavy atom. The molecule has 0 fully saturated rings. The van der Waals surface area contributed by atoms with Gasteiger partial charge in [-0.2, -0.15) is 0 Å². The van der Waals surface area contributed by atoms with Crippen LogP contribution in [0.1, 0.15) is 13.8 Å². The number of nitrogens with two attached hydrogens (primary N) is 2. The lowest BCUT2D eigenvalue weighted by Gasteiger charge is -2.11. The van der Waals surface area contributed by atoms with Crippen LogP contribution in [0.5, 0.6) is 0 Å². The third-order valence-electron chi connectivity index (χ3n) is 1.14. The van der Waals surface area contributed by atoms with Crippen molar-refractivity contribution >= 4 is 5.96 Å². The van der Waals surface area contributed by atoms with Crippen LogP contribution in [0.15, 0.2) is 4.99 Å². The van der Waals surface area contributed by atoms with Gasteiger partial charge in [0.2, 0.25) is 0 Å². The van der Waals surface area contributed by atoms with Gasteiger partial charge in [0.25, 0.3) is 0 Å². The number of hydrogen-bond acceptors (Lipinski definition) is 3. The molecule has 5 heteroatoms. The largest absolute Gasteiger partial charge is 0.370 e. The molecular formula is C7H17N3O2. The highest BCUT2D eigenvalue weighted by Crippen LogP contribution is 1.91. The van der Waals surface area contributed by atoms with Gasteiger partial charge in [-0.1, -0.05) is 0 Å². The Morgan fingerprint density at radius 2 is 2.08 bits per heavy atom. The summed E-state index contributed by atoms with van der Waals surface area (Å²) in [6, 6.07) is 0. The molecule has 0 aliphatic rings. The van der Waals surface area contributed by atoms with E-state index in [2.05, 4.69) is 4.99 Å². The quantitative estimate of drug-likeness (QED) is 0.250. The maximum Gasteiger partial charge on any atom is 0.185 e. The van der Waals surface area contributed by atoms with E-state index in [4.69, 9.17) is 20.9 Å². The molecule has 0 aromatic rings. The number of guanidine groups is 1. The number of rotatable bonds is 6. The van der Waals surface area contributed by atoms with E-state index >= 15 is 0 Å². The third-order valence-corrected chi connectivity index (χ3v) is 1.14. The van der Waals surface area contributed by atoms with Crippen molar-refractivity contribution < 1.29 is 9.47 Å². The maximum absolute atomic E-state index is 5.19. The first-order chi connectivity index (χ1) is 5.66. The minimum absolute atomic E-state index is 0.0858. The molecule has 0 aliphatic carbocycles. The molecule has 0 aromatic heterocycles. The predicted molar refractivity (Wildman–Crippen MR) is 47.7 cm³/mol. The van der Waals surface area contributed by atoms with Crippen molar-refractivity contribution in [1.82, 2.24) is 0 Å². The SMILES string of the molecule is CCOC(C)OCCN=C(N)N. The molecule has 0 heterocycles. The summed E-state index contributed by atoms with van der Waals surface area (Å²) in [7, 11) is 0. The van der Waals surface area contributed by atoms with Crippen LogP contribution in [-0.2, 0) is 9.47 Å². The number of aliphatic imine (C=N–C) groups is 1. The molecule has 72 valence electrons. The van der Waals surface area contributed by atoms with E-state index in [0.29, 0.717) is 19.8 Å².